The number of hydrogen-bond acceptors (Lipinski definition) is 4. The standard InChI is InChI=1S/C21H21O4P.C6H6/c1-16-4-10-19(11-5-16)23-26(22,24-20-12-6-17(2)7-13-20)25-21-14-8-18(3)9-15-21;1-2-4-6-5-3-1/h4-15H,1-3H3;1-6H. The fourth-order valence-corrected chi connectivity index (χ4v) is 3.88. The largest absolute Gasteiger partial charge is 0.647 e. The fraction of sp³-hybridized carbons (Fsp3) is 0.111. The van der Waals surface area contributed by atoms with Gasteiger partial charge in [-0.1, -0.05) is 89.5 Å². The molecule has 0 aromatic heterocycles. The molecule has 0 aliphatic rings. The average Bonchev–Trinajstić information content (AvgIpc) is 2.80. The molecule has 0 radical (unpaired) electrons. The quantitative estimate of drug-likeness (QED) is 0.282. The van der Waals surface area contributed by atoms with Gasteiger partial charge in [0.15, 0.2) is 0 Å². The number of phosphoric ester groups is 1. The number of phosphoric acid groups is 1. The Labute approximate surface area is 190 Å². The Morgan fingerprint density at radius 1 is 0.438 bits per heavy atom. The maximum atomic E-state index is 13.3. The normalized spacial score (nSPS) is 10.5. The maximum Gasteiger partial charge on any atom is 0.647 e. The van der Waals surface area contributed by atoms with Crippen molar-refractivity contribution in [2.24, 2.45) is 0 Å². The lowest BCUT2D eigenvalue weighted by Gasteiger charge is -2.19. The van der Waals surface area contributed by atoms with E-state index in [1.165, 1.54) is 0 Å². The summed E-state index contributed by atoms with van der Waals surface area (Å²) in [5, 5.41) is 0. The molecule has 164 valence electrons. The van der Waals surface area contributed by atoms with Crippen LogP contribution in [0.3, 0.4) is 0 Å². The molecule has 4 aromatic rings. The molecule has 5 heteroatoms. The number of hydrogen-bond donors (Lipinski definition) is 0. The Morgan fingerprint density at radius 3 is 0.875 bits per heavy atom. The Balaban J connectivity index is 0.000000416. The zero-order chi connectivity index (χ0) is 22.8. The van der Waals surface area contributed by atoms with E-state index in [2.05, 4.69) is 0 Å². The van der Waals surface area contributed by atoms with Gasteiger partial charge in [0, 0.05) is 0 Å². The maximum absolute atomic E-state index is 13.3. The molecule has 0 amide bonds. The molecule has 0 fully saturated rings. The van der Waals surface area contributed by atoms with Crippen LogP contribution in [0.2, 0.25) is 0 Å². The first-order valence-corrected chi connectivity index (χ1v) is 11.8. The summed E-state index contributed by atoms with van der Waals surface area (Å²) in [5.74, 6) is 1.24. The van der Waals surface area contributed by atoms with Gasteiger partial charge in [-0.15, -0.1) is 0 Å². The zero-order valence-electron chi connectivity index (χ0n) is 18.5. The molecule has 0 unspecified atom stereocenters. The molecule has 0 bridgehead atoms. The highest BCUT2D eigenvalue weighted by Gasteiger charge is 2.33. The van der Waals surface area contributed by atoms with Gasteiger partial charge in [-0.25, -0.2) is 0 Å². The van der Waals surface area contributed by atoms with Crippen LogP contribution in [0.5, 0.6) is 17.2 Å². The summed E-state index contributed by atoms with van der Waals surface area (Å²) in [4.78, 5) is 0. The molecule has 4 rings (SSSR count). The average molecular weight is 446 g/mol. The number of benzene rings is 4. The van der Waals surface area contributed by atoms with Crippen molar-refractivity contribution in [2.75, 3.05) is 0 Å². The highest BCUT2D eigenvalue weighted by Crippen LogP contribution is 2.49. The Hall–Kier alpha value is -3.49. The molecule has 0 atom stereocenters. The van der Waals surface area contributed by atoms with Gasteiger partial charge in [0.2, 0.25) is 0 Å². The van der Waals surface area contributed by atoms with Crippen LogP contribution in [0.4, 0.5) is 0 Å². The van der Waals surface area contributed by atoms with Crippen LogP contribution in [0.1, 0.15) is 16.7 Å². The van der Waals surface area contributed by atoms with Gasteiger partial charge in [0.25, 0.3) is 0 Å². The van der Waals surface area contributed by atoms with Gasteiger partial charge >= 0.3 is 7.82 Å². The van der Waals surface area contributed by atoms with E-state index in [4.69, 9.17) is 13.6 Å². The van der Waals surface area contributed by atoms with Gasteiger partial charge in [-0.3, -0.25) is 0 Å². The summed E-state index contributed by atoms with van der Waals surface area (Å²) in [6.07, 6.45) is 0. The SMILES string of the molecule is Cc1ccc(OP(=O)(Oc2ccc(C)cc2)Oc2ccc(C)cc2)cc1.c1ccccc1. The zero-order valence-corrected chi connectivity index (χ0v) is 19.4. The predicted molar refractivity (Wildman–Crippen MR) is 129 cm³/mol. The molecule has 0 saturated heterocycles. The van der Waals surface area contributed by atoms with E-state index in [-0.39, 0.29) is 0 Å². The van der Waals surface area contributed by atoms with Crippen molar-refractivity contribution in [1.82, 2.24) is 0 Å². The molecule has 0 aliphatic carbocycles. The minimum atomic E-state index is -3.93. The molecule has 0 saturated carbocycles. The highest BCUT2D eigenvalue weighted by atomic mass is 31.2. The van der Waals surface area contributed by atoms with E-state index in [0.29, 0.717) is 17.2 Å². The van der Waals surface area contributed by atoms with Gasteiger partial charge in [-0.05, 0) is 57.2 Å². The van der Waals surface area contributed by atoms with E-state index >= 15 is 0 Å². The molecular weight excluding hydrogens is 419 g/mol. The topological polar surface area (TPSA) is 44.8 Å². The number of rotatable bonds is 6. The lowest BCUT2D eigenvalue weighted by atomic mass is 10.2. The van der Waals surface area contributed by atoms with Crippen LogP contribution in [-0.2, 0) is 4.57 Å². The van der Waals surface area contributed by atoms with Crippen LogP contribution in [0, 0.1) is 20.8 Å². The van der Waals surface area contributed by atoms with Gasteiger partial charge in [-0.2, -0.15) is 4.57 Å². The van der Waals surface area contributed by atoms with Crippen molar-refractivity contribution in [1.29, 1.82) is 0 Å². The first-order chi connectivity index (χ1) is 15.4. The summed E-state index contributed by atoms with van der Waals surface area (Å²) < 4.78 is 30.2. The van der Waals surface area contributed by atoms with Crippen molar-refractivity contribution in [2.45, 2.75) is 20.8 Å². The monoisotopic (exact) mass is 446 g/mol. The third kappa shape index (κ3) is 7.64. The Bertz CT molecular complexity index is 974. The molecule has 4 nitrogen and oxygen atoms in total. The van der Waals surface area contributed by atoms with Crippen LogP contribution in [0.25, 0.3) is 0 Å². The minimum Gasteiger partial charge on any atom is -0.386 e. The fourth-order valence-electron chi connectivity index (χ4n) is 2.63. The second-order valence-corrected chi connectivity index (χ2v) is 8.76. The third-order valence-corrected chi connectivity index (χ3v) is 5.68. The number of aryl methyl sites for hydroxylation is 3. The minimum absolute atomic E-state index is 0.415. The molecule has 32 heavy (non-hydrogen) atoms. The lowest BCUT2D eigenvalue weighted by Crippen LogP contribution is -2.07. The second kappa shape index (κ2) is 11.2. The third-order valence-electron chi connectivity index (χ3n) is 4.38. The predicted octanol–water partition coefficient (Wildman–Crippen LogP) is 7.94. The van der Waals surface area contributed by atoms with Crippen molar-refractivity contribution < 1.29 is 18.1 Å². The van der Waals surface area contributed by atoms with Crippen LogP contribution < -0.4 is 13.6 Å². The summed E-state index contributed by atoms with van der Waals surface area (Å²) in [7, 11) is -3.93. The van der Waals surface area contributed by atoms with Gasteiger partial charge in [0.1, 0.15) is 17.2 Å². The van der Waals surface area contributed by atoms with E-state index in [9.17, 15) is 4.57 Å². The molecule has 0 aliphatic heterocycles. The molecule has 0 heterocycles. The summed E-state index contributed by atoms with van der Waals surface area (Å²) in [6.45, 7) is 5.90. The summed E-state index contributed by atoms with van der Waals surface area (Å²) in [5.41, 5.74) is 3.23. The molecular formula is C27H27O4P. The summed E-state index contributed by atoms with van der Waals surface area (Å²) in [6, 6.07) is 33.6. The second-order valence-electron chi connectivity index (χ2n) is 7.31. The van der Waals surface area contributed by atoms with Crippen molar-refractivity contribution in [3.8, 4) is 17.2 Å². The van der Waals surface area contributed by atoms with Gasteiger partial charge in [0.05, 0.1) is 0 Å². The van der Waals surface area contributed by atoms with Crippen molar-refractivity contribution in [3.05, 3.63) is 126 Å². The van der Waals surface area contributed by atoms with Crippen LogP contribution in [0.15, 0.2) is 109 Å². The van der Waals surface area contributed by atoms with Gasteiger partial charge < -0.3 is 13.6 Å². The van der Waals surface area contributed by atoms with E-state index in [1.807, 2.05) is 93.6 Å². The van der Waals surface area contributed by atoms with Crippen LogP contribution in [-0.4, -0.2) is 0 Å². The first-order valence-electron chi connectivity index (χ1n) is 10.3. The van der Waals surface area contributed by atoms with Crippen molar-refractivity contribution >= 4 is 7.82 Å². The highest BCUT2D eigenvalue weighted by molar-refractivity contribution is 7.49. The molecule has 4 aromatic carbocycles. The smallest absolute Gasteiger partial charge is 0.386 e. The lowest BCUT2D eigenvalue weighted by molar-refractivity contribution is 0.298. The van der Waals surface area contributed by atoms with Crippen molar-refractivity contribution in [3.63, 3.8) is 0 Å². The molecule has 0 spiro atoms. The Morgan fingerprint density at radius 2 is 0.656 bits per heavy atom. The molecule has 0 N–H and O–H groups in total. The van der Waals surface area contributed by atoms with E-state index in [1.54, 1.807) is 36.4 Å². The Kier molecular flexibility index (Phi) is 8.13. The summed E-state index contributed by atoms with van der Waals surface area (Å²) >= 11 is 0. The van der Waals surface area contributed by atoms with Crippen LogP contribution >= 0.6 is 7.82 Å². The van der Waals surface area contributed by atoms with E-state index < -0.39 is 7.82 Å². The van der Waals surface area contributed by atoms with E-state index in [0.717, 1.165) is 16.7 Å². The first kappa shape index (κ1) is 23.2.